The molecule has 0 aliphatic carbocycles. The summed E-state index contributed by atoms with van der Waals surface area (Å²) in [6, 6.07) is 6.26. The van der Waals surface area contributed by atoms with E-state index in [1.807, 2.05) is 0 Å². The maximum Gasteiger partial charge on any atom is 0.252 e. The zero-order valence-corrected chi connectivity index (χ0v) is 8.17. The van der Waals surface area contributed by atoms with Crippen LogP contribution in [0.2, 0.25) is 0 Å². The highest BCUT2D eigenvalue weighted by molar-refractivity contribution is 7.91. The van der Waals surface area contributed by atoms with Crippen molar-refractivity contribution in [1.29, 1.82) is 0 Å². The van der Waals surface area contributed by atoms with Gasteiger partial charge in [-0.2, -0.15) is 0 Å². The Bertz CT molecular complexity index is 479. The van der Waals surface area contributed by atoms with Crippen LogP contribution < -0.4 is 5.32 Å². The molecule has 1 aliphatic heterocycles. The van der Waals surface area contributed by atoms with E-state index in [0.29, 0.717) is 0 Å². The van der Waals surface area contributed by atoms with Crippen molar-refractivity contribution in [3.8, 4) is 0 Å². The molecule has 1 aromatic rings. The van der Waals surface area contributed by atoms with Crippen molar-refractivity contribution in [2.75, 3.05) is 12.3 Å². The summed E-state index contributed by atoms with van der Waals surface area (Å²) in [6.07, 6.45) is 0. The molecule has 74 valence electrons. The molecule has 0 spiro atoms. The van der Waals surface area contributed by atoms with E-state index in [1.165, 1.54) is 12.1 Å². The van der Waals surface area contributed by atoms with Crippen molar-refractivity contribution < 1.29 is 13.2 Å². The van der Waals surface area contributed by atoms with Gasteiger partial charge in [0.05, 0.1) is 16.2 Å². The molecule has 1 N–H and O–H groups in total. The lowest BCUT2D eigenvalue weighted by atomic mass is 10.2. The summed E-state index contributed by atoms with van der Waals surface area (Å²) < 4.78 is 23.3. The summed E-state index contributed by atoms with van der Waals surface area (Å²) in [5.74, 6) is -0.350. The summed E-state index contributed by atoms with van der Waals surface area (Å²) in [4.78, 5) is 11.6. The molecule has 0 fully saturated rings. The fourth-order valence-corrected chi connectivity index (χ4v) is 2.80. The first-order valence-electron chi connectivity index (χ1n) is 4.21. The number of rotatable bonds is 0. The standard InChI is InChI=1S/C9H9NO3S/c11-9-7-3-1-2-4-8(7)14(12,13)6-5-10-9/h1-4H,5-6H2,(H,10,11). The third-order valence-electron chi connectivity index (χ3n) is 2.12. The number of amides is 1. The summed E-state index contributed by atoms with van der Waals surface area (Å²) in [7, 11) is -3.29. The average molecular weight is 211 g/mol. The SMILES string of the molecule is O=C1NCCS(=O)(=O)c2ccccc21. The Morgan fingerprint density at radius 3 is 2.71 bits per heavy atom. The number of carbonyl (C=O) groups is 1. The van der Waals surface area contributed by atoms with E-state index in [1.54, 1.807) is 12.1 Å². The van der Waals surface area contributed by atoms with E-state index in [9.17, 15) is 13.2 Å². The second kappa shape index (κ2) is 3.09. The lowest BCUT2D eigenvalue weighted by molar-refractivity contribution is 0.0954. The maximum absolute atomic E-state index is 11.6. The summed E-state index contributed by atoms with van der Waals surface area (Å²) in [5.41, 5.74) is 0.241. The lowest BCUT2D eigenvalue weighted by Gasteiger charge is -2.02. The van der Waals surface area contributed by atoms with Crippen molar-refractivity contribution in [3.63, 3.8) is 0 Å². The van der Waals surface area contributed by atoms with Gasteiger partial charge >= 0.3 is 0 Å². The highest BCUT2D eigenvalue weighted by atomic mass is 32.2. The van der Waals surface area contributed by atoms with Crippen LogP contribution in [0.3, 0.4) is 0 Å². The molecule has 0 bridgehead atoms. The minimum absolute atomic E-state index is 0.0320. The van der Waals surface area contributed by atoms with Crippen LogP contribution in [0.5, 0.6) is 0 Å². The van der Waals surface area contributed by atoms with Gasteiger partial charge < -0.3 is 5.32 Å². The molecule has 1 heterocycles. The number of benzene rings is 1. The molecule has 0 radical (unpaired) electrons. The van der Waals surface area contributed by atoms with Crippen LogP contribution in [0.15, 0.2) is 29.2 Å². The van der Waals surface area contributed by atoms with Gasteiger partial charge in [0.25, 0.3) is 5.91 Å². The van der Waals surface area contributed by atoms with Crippen LogP contribution in [-0.2, 0) is 9.84 Å². The second-order valence-electron chi connectivity index (χ2n) is 3.07. The summed E-state index contributed by atoms with van der Waals surface area (Å²) >= 11 is 0. The van der Waals surface area contributed by atoms with Crippen molar-refractivity contribution >= 4 is 15.7 Å². The number of hydrogen-bond acceptors (Lipinski definition) is 3. The van der Waals surface area contributed by atoms with Gasteiger partial charge in [-0.1, -0.05) is 12.1 Å². The Labute approximate surface area is 81.9 Å². The molecule has 1 amide bonds. The van der Waals surface area contributed by atoms with E-state index < -0.39 is 9.84 Å². The van der Waals surface area contributed by atoms with Gasteiger partial charge in [0.1, 0.15) is 0 Å². The van der Waals surface area contributed by atoms with Crippen LogP contribution in [0.25, 0.3) is 0 Å². The van der Waals surface area contributed by atoms with Gasteiger partial charge in [0.15, 0.2) is 9.84 Å². The molecule has 14 heavy (non-hydrogen) atoms. The number of carbonyl (C=O) groups excluding carboxylic acids is 1. The number of sulfone groups is 1. The Morgan fingerprint density at radius 2 is 1.93 bits per heavy atom. The van der Waals surface area contributed by atoms with E-state index in [4.69, 9.17) is 0 Å². The molecule has 0 aromatic heterocycles. The molecule has 0 atom stereocenters. The third-order valence-corrected chi connectivity index (χ3v) is 3.89. The highest BCUT2D eigenvalue weighted by Gasteiger charge is 2.25. The van der Waals surface area contributed by atoms with E-state index in [0.717, 1.165) is 0 Å². The van der Waals surface area contributed by atoms with Crippen molar-refractivity contribution in [2.45, 2.75) is 4.90 Å². The zero-order chi connectivity index (χ0) is 10.2. The fourth-order valence-electron chi connectivity index (χ4n) is 1.43. The predicted molar refractivity (Wildman–Crippen MR) is 50.8 cm³/mol. The van der Waals surface area contributed by atoms with E-state index in [2.05, 4.69) is 5.32 Å². The van der Waals surface area contributed by atoms with Crippen LogP contribution >= 0.6 is 0 Å². The Balaban J connectivity index is 2.71. The molecule has 1 aliphatic rings. The maximum atomic E-state index is 11.6. The third kappa shape index (κ3) is 1.39. The molecule has 4 nitrogen and oxygen atoms in total. The molecule has 1 aromatic carbocycles. The second-order valence-corrected chi connectivity index (χ2v) is 5.15. The number of hydrogen-bond donors (Lipinski definition) is 1. The zero-order valence-electron chi connectivity index (χ0n) is 7.36. The quantitative estimate of drug-likeness (QED) is 0.667. The molecule has 2 rings (SSSR count). The highest BCUT2D eigenvalue weighted by Crippen LogP contribution is 2.18. The summed E-state index contributed by atoms with van der Waals surface area (Å²) in [6.45, 7) is 0.176. The van der Waals surface area contributed by atoms with Crippen LogP contribution in [0.4, 0.5) is 0 Å². The first-order chi connectivity index (χ1) is 6.61. The summed E-state index contributed by atoms with van der Waals surface area (Å²) in [5, 5.41) is 2.54. The minimum atomic E-state index is -3.29. The number of fused-ring (bicyclic) bond motifs is 1. The normalized spacial score (nSPS) is 19.3. The number of nitrogens with one attached hydrogen (secondary N) is 1. The Hall–Kier alpha value is -1.36. The van der Waals surface area contributed by atoms with Gasteiger partial charge in [-0.05, 0) is 12.1 Å². The topological polar surface area (TPSA) is 63.2 Å². The largest absolute Gasteiger partial charge is 0.351 e. The van der Waals surface area contributed by atoms with Crippen molar-refractivity contribution in [1.82, 2.24) is 5.32 Å². The first-order valence-corrected chi connectivity index (χ1v) is 5.86. The van der Waals surface area contributed by atoms with Gasteiger partial charge in [-0.15, -0.1) is 0 Å². The van der Waals surface area contributed by atoms with Crippen LogP contribution in [0.1, 0.15) is 10.4 Å². The molecule has 0 saturated heterocycles. The molecule has 0 unspecified atom stereocenters. The van der Waals surface area contributed by atoms with Gasteiger partial charge in [-0.3, -0.25) is 4.79 Å². The monoisotopic (exact) mass is 211 g/mol. The lowest BCUT2D eigenvalue weighted by Crippen LogP contribution is -2.24. The van der Waals surface area contributed by atoms with Gasteiger partial charge in [0.2, 0.25) is 0 Å². The molecular weight excluding hydrogens is 202 g/mol. The Kier molecular flexibility index (Phi) is 2.03. The smallest absolute Gasteiger partial charge is 0.252 e. The van der Waals surface area contributed by atoms with Crippen LogP contribution in [0, 0.1) is 0 Å². The van der Waals surface area contributed by atoms with Gasteiger partial charge in [0, 0.05) is 6.54 Å². The molecule has 0 saturated carbocycles. The minimum Gasteiger partial charge on any atom is -0.351 e. The van der Waals surface area contributed by atoms with Crippen LogP contribution in [-0.4, -0.2) is 26.6 Å². The van der Waals surface area contributed by atoms with Gasteiger partial charge in [-0.25, -0.2) is 8.42 Å². The first kappa shape index (κ1) is 9.21. The van der Waals surface area contributed by atoms with Crippen molar-refractivity contribution in [3.05, 3.63) is 29.8 Å². The Morgan fingerprint density at radius 1 is 1.21 bits per heavy atom. The van der Waals surface area contributed by atoms with E-state index >= 15 is 0 Å². The van der Waals surface area contributed by atoms with Crippen molar-refractivity contribution in [2.24, 2.45) is 0 Å². The molecular formula is C9H9NO3S. The fraction of sp³-hybridized carbons (Fsp3) is 0.222. The average Bonchev–Trinajstić information content (AvgIpc) is 2.27. The molecule has 5 heteroatoms. The predicted octanol–water partition coefficient (Wildman–Crippen LogP) is 0.204. The van der Waals surface area contributed by atoms with E-state index in [-0.39, 0.29) is 28.7 Å².